The zero-order chi connectivity index (χ0) is 14.4. The monoisotopic (exact) mass is 270 g/mol. The third-order valence-corrected chi connectivity index (χ3v) is 2.34. The second kappa shape index (κ2) is 6.55. The van der Waals surface area contributed by atoms with Crippen LogP contribution in [0.25, 0.3) is 0 Å². The summed E-state index contributed by atoms with van der Waals surface area (Å²) in [6.45, 7) is 0.120. The summed E-state index contributed by atoms with van der Waals surface area (Å²) in [5.41, 5.74) is 5.31. The van der Waals surface area contributed by atoms with Crippen molar-refractivity contribution >= 4 is 17.8 Å². The zero-order valence-corrected chi connectivity index (χ0v) is 9.96. The molecule has 0 aliphatic rings. The van der Waals surface area contributed by atoms with Crippen molar-refractivity contribution in [1.82, 2.24) is 5.32 Å². The Morgan fingerprint density at radius 1 is 1.32 bits per heavy atom. The Kier molecular flexibility index (Phi) is 5.07. The number of hydrogen-bond acceptors (Lipinski definition) is 5. The van der Waals surface area contributed by atoms with Crippen molar-refractivity contribution in [2.45, 2.75) is 25.4 Å². The summed E-state index contributed by atoms with van der Waals surface area (Å²) >= 11 is 0. The molecule has 0 saturated heterocycles. The molecule has 19 heavy (non-hydrogen) atoms. The van der Waals surface area contributed by atoms with E-state index in [1.54, 1.807) is 0 Å². The summed E-state index contributed by atoms with van der Waals surface area (Å²) in [5, 5.41) is 19.6. The number of furan rings is 1. The van der Waals surface area contributed by atoms with Gasteiger partial charge < -0.3 is 25.7 Å². The first kappa shape index (κ1) is 14.7. The van der Waals surface area contributed by atoms with E-state index >= 15 is 0 Å². The lowest BCUT2D eigenvalue weighted by molar-refractivity contribution is -0.140. The molecule has 0 aliphatic heterocycles. The fourth-order valence-corrected chi connectivity index (χ4v) is 1.36. The van der Waals surface area contributed by atoms with E-state index in [0.29, 0.717) is 5.76 Å². The molecule has 1 atom stereocenters. The van der Waals surface area contributed by atoms with Crippen LogP contribution in [0, 0.1) is 0 Å². The lowest BCUT2D eigenvalue weighted by Gasteiger charge is -2.12. The molecule has 0 spiro atoms. The fourth-order valence-electron chi connectivity index (χ4n) is 1.36. The van der Waals surface area contributed by atoms with E-state index < -0.39 is 23.9 Å². The maximum absolute atomic E-state index is 11.7. The van der Waals surface area contributed by atoms with E-state index in [2.05, 4.69) is 5.32 Å². The second-order valence-electron chi connectivity index (χ2n) is 3.77. The quantitative estimate of drug-likeness (QED) is 0.536. The fraction of sp³-hybridized carbons (Fsp3) is 0.364. The first-order chi connectivity index (χ1) is 8.93. The number of carbonyl (C=O) groups is 3. The van der Waals surface area contributed by atoms with Gasteiger partial charge in [-0.15, -0.1) is 0 Å². The largest absolute Gasteiger partial charge is 0.481 e. The molecule has 1 unspecified atom stereocenters. The minimum absolute atomic E-state index is 0.0676. The topological polar surface area (TPSA) is 143 Å². The molecular weight excluding hydrogens is 256 g/mol. The molecule has 0 fully saturated rings. The first-order valence-corrected chi connectivity index (χ1v) is 5.48. The molecule has 8 heteroatoms. The van der Waals surface area contributed by atoms with Gasteiger partial charge in [0.1, 0.15) is 11.8 Å². The highest BCUT2D eigenvalue weighted by molar-refractivity contribution is 5.94. The number of aliphatic carboxylic acids is 2. The number of carboxylic acids is 2. The molecule has 1 rings (SSSR count). The molecule has 104 valence electrons. The van der Waals surface area contributed by atoms with Gasteiger partial charge in [-0.25, -0.2) is 4.79 Å². The van der Waals surface area contributed by atoms with Crippen LogP contribution >= 0.6 is 0 Å². The van der Waals surface area contributed by atoms with Crippen molar-refractivity contribution in [3.8, 4) is 0 Å². The molecule has 0 aliphatic carbocycles. The van der Waals surface area contributed by atoms with E-state index in [-0.39, 0.29) is 25.1 Å². The highest BCUT2D eigenvalue weighted by Gasteiger charge is 2.22. The van der Waals surface area contributed by atoms with Gasteiger partial charge in [0, 0.05) is 6.42 Å². The van der Waals surface area contributed by atoms with Crippen LogP contribution in [0.5, 0.6) is 0 Å². The minimum atomic E-state index is -1.31. The molecule has 0 bridgehead atoms. The van der Waals surface area contributed by atoms with Gasteiger partial charge in [0.15, 0.2) is 5.76 Å². The molecule has 0 saturated carbocycles. The van der Waals surface area contributed by atoms with Gasteiger partial charge >= 0.3 is 11.9 Å². The Hall–Kier alpha value is -2.35. The maximum atomic E-state index is 11.7. The molecule has 8 nitrogen and oxygen atoms in total. The van der Waals surface area contributed by atoms with Gasteiger partial charge in [0.2, 0.25) is 0 Å². The lowest BCUT2D eigenvalue weighted by atomic mass is 10.1. The average molecular weight is 270 g/mol. The normalized spacial score (nSPS) is 11.8. The summed E-state index contributed by atoms with van der Waals surface area (Å²) in [6.07, 6.45) is -0.565. The van der Waals surface area contributed by atoms with Gasteiger partial charge in [-0.2, -0.15) is 0 Å². The standard InChI is InChI=1S/C11H14N2O6/c12-5-6-1-3-8(19-6)10(16)13-7(11(17)18)2-4-9(14)15/h1,3,7H,2,4-5,12H2,(H,13,16)(H,14,15)(H,17,18). The molecular formula is C11H14N2O6. The molecule has 1 heterocycles. The number of nitrogens with two attached hydrogens (primary N) is 1. The smallest absolute Gasteiger partial charge is 0.326 e. The van der Waals surface area contributed by atoms with Crippen molar-refractivity contribution in [2.24, 2.45) is 5.73 Å². The van der Waals surface area contributed by atoms with Crippen LogP contribution in [-0.4, -0.2) is 34.1 Å². The van der Waals surface area contributed by atoms with E-state index in [4.69, 9.17) is 20.4 Å². The average Bonchev–Trinajstić information content (AvgIpc) is 2.82. The van der Waals surface area contributed by atoms with Crippen LogP contribution in [0.3, 0.4) is 0 Å². The van der Waals surface area contributed by atoms with Crippen LogP contribution in [-0.2, 0) is 16.1 Å². The van der Waals surface area contributed by atoms with Crippen LogP contribution in [0.4, 0.5) is 0 Å². The van der Waals surface area contributed by atoms with Gasteiger partial charge in [-0.1, -0.05) is 0 Å². The van der Waals surface area contributed by atoms with Crippen molar-refractivity contribution in [3.63, 3.8) is 0 Å². The number of carbonyl (C=O) groups excluding carboxylic acids is 1. The van der Waals surface area contributed by atoms with E-state index in [1.807, 2.05) is 0 Å². The summed E-state index contributed by atoms with van der Waals surface area (Å²) in [6, 6.07) is 1.59. The number of nitrogens with one attached hydrogen (secondary N) is 1. The number of rotatable bonds is 7. The van der Waals surface area contributed by atoms with Crippen molar-refractivity contribution in [2.75, 3.05) is 0 Å². The molecule has 5 N–H and O–H groups in total. The molecule has 0 radical (unpaired) electrons. The summed E-state index contributed by atoms with van der Waals surface area (Å²) < 4.78 is 5.05. The Balaban J connectivity index is 2.65. The minimum Gasteiger partial charge on any atom is -0.481 e. The van der Waals surface area contributed by atoms with Crippen LogP contribution in [0.1, 0.15) is 29.2 Å². The zero-order valence-electron chi connectivity index (χ0n) is 9.96. The summed E-state index contributed by atoms with van der Waals surface area (Å²) in [5.74, 6) is -2.84. The number of hydrogen-bond donors (Lipinski definition) is 4. The molecule has 1 amide bonds. The Bertz CT molecular complexity index is 481. The third kappa shape index (κ3) is 4.43. The van der Waals surface area contributed by atoms with Crippen molar-refractivity contribution < 1.29 is 29.0 Å². The van der Waals surface area contributed by atoms with Crippen molar-refractivity contribution in [3.05, 3.63) is 23.7 Å². The second-order valence-corrected chi connectivity index (χ2v) is 3.77. The summed E-state index contributed by atoms with van der Waals surface area (Å²) in [7, 11) is 0. The summed E-state index contributed by atoms with van der Waals surface area (Å²) in [4.78, 5) is 32.9. The third-order valence-electron chi connectivity index (χ3n) is 2.34. The highest BCUT2D eigenvalue weighted by atomic mass is 16.4. The Morgan fingerprint density at radius 2 is 2.00 bits per heavy atom. The molecule has 1 aromatic heterocycles. The van der Waals surface area contributed by atoms with E-state index in [0.717, 1.165) is 0 Å². The molecule has 1 aromatic rings. The highest BCUT2D eigenvalue weighted by Crippen LogP contribution is 2.08. The van der Waals surface area contributed by atoms with Crippen LogP contribution in [0.15, 0.2) is 16.5 Å². The predicted molar refractivity (Wildman–Crippen MR) is 62.4 cm³/mol. The predicted octanol–water partition coefficient (Wildman–Crippen LogP) is -0.214. The van der Waals surface area contributed by atoms with Gasteiger partial charge in [0.05, 0.1) is 6.54 Å². The van der Waals surface area contributed by atoms with E-state index in [1.165, 1.54) is 12.1 Å². The molecule has 0 aromatic carbocycles. The SMILES string of the molecule is NCc1ccc(C(=O)NC(CCC(=O)O)C(=O)O)o1. The van der Waals surface area contributed by atoms with Gasteiger partial charge in [0.25, 0.3) is 5.91 Å². The van der Waals surface area contributed by atoms with E-state index in [9.17, 15) is 14.4 Å². The first-order valence-electron chi connectivity index (χ1n) is 5.48. The van der Waals surface area contributed by atoms with Crippen molar-refractivity contribution in [1.29, 1.82) is 0 Å². The Morgan fingerprint density at radius 3 is 2.47 bits per heavy atom. The lowest BCUT2D eigenvalue weighted by Crippen LogP contribution is -2.41. The number of amides is 1. The van der Waals surface area contributed by atoms with Crippen LogP contribution < -0.4 is 11.1 Å². The van der Waals surface area contributed by atoms with Crippen LogP contribution in [0.2, 0.25) is 0 Å². The Labute approximate surface area is 108 Å². The van der Waals surface area contributed by atoms with Gasteiger partial charge in [-0.05, 0) is 18.6 Å². The van der Waals surface area contributed by atoms with Gasteiger partial charge in [-0.3, -0.25) is 9.59 Å². The maximum Gasteiger partial charge on any atom is 0.326 e. The number of carboxylic acid groups (broad SMARTS) is 2.